The monoisotopic (exact) mass is 182 g/mol. The topological polar surface area (TPSA) is 78.3 Å². The van der Waals surface area contributed by atoms with Crippen molar-refractivity contribution >= 4 is 6.29 Å². The molecule has 1 rings (SSSR count). The normalized spacial score (nSPS) is 21.0. The molecule has 0 radical (unpaired) electrons. The Balaban J connectivity index is 2.67. The van der Waals surface area contributed by atoms with E-state index in [1.807, 2.05) is 0 Å². The lowest BCUT2D eigenvalue weighted by Crippen LogP contribution is -2.14. The Morgan fingerprint density at radius 3 is 2.38 bits per heavy atom. The molecule has 1 fully saturated rings. The lowest BCUT2D eigenvalue weighted by atomic mass is 10.1. The van der Waals surface area contributed by atoms with E-state index in [2.05, 4.69) is 0 Å². The fourth-order valence-electron chi connectivity index (χ4n) is 1.02. The standard InChI is InChI=1S/C9H14N2O2/c1-13-8(11)3-2-7(10)9(6-12)4-5-9/h2-3,6H,4-5,10-11H2,1H3/b7-2-,8-3+. The first kappa shape index (κ1) is 9.64. The largest absolute Gasteiger partial charge is 0.483 e. The van der Waals surface area contributed by atoms with Crippen molar-refractivity contribution in [2.75, 3.05) is 7.11 Å². The molecule has 0 aromatic carbocycles. The maximum Gasteiger partial charge on any atom is 0.183 e. The smallest absolute Gasteiger partial charge is 0.183 e. The summed E-state index contributed by atoms with van der Waals surface area (Å²) >= 11 is 0. The van der Waals surface area contributed by atoms with E-state index in [-0.39, 0.29) is 5.88 Å². The van der Waals surface area contributed by atoms with Crippen molar-refractivity contribution in [3.05, 3.63) is 23.7 Å². The van der Waals surface area contributed by atoms with E-state index in [0.29, 0.717) is 5.70 Å². The first-order chi connectivity index (χ1) is 6.14. The third-order valence-electron chi connectivity index (χ3n) is 2.25. The molecule has 4 nitrogen and oxygen atoms in total. The van der Waals surface area contributed by atoms with Gasteiger partial charge in [0.05, 0.1) is 12.5 Å². The molecule has 13 heavy (non-hydrogen) atoms. The van der Waals surface area contributed by atoms with Gasteiger partial charge in [-0.1, -0.05) is 0 Å². The van der Waals surface area contributed by atoms with Gasteiger partial charge in [-0.25, -0.2) is 0 Å². The number of methoxy groups -OCH3 is 1. The van der Waals surface area contributed by atoms with Gasteiger partial charge in [-0.15, -0.1) is 0 Å². The second-order valence-corrected chi connectivity index (χ2v) is 3.17. The molecule has 0 bridgehead atoms. The molecule has 0 heterocycles. The van der Waals surface area contributed by atoms with Crippen molar-refractivity contribution in [3.8, 4) is 0 Å². The zero-order chi connectivity index (χ0) is 9.90. The molecule has 0 spiro atoms. The first-order valence-electron chi connectivity index (χ1n) is 4.08. The lowest BCUT2D eigenvalue weighted by Gasteiger charge is -2.05. The number of hydrogen-bond donors (Lipinski definition) is 2. The van der Waals surface area contributed by atoms with Crippen LogP contribution >= 0.6 is 0 Å². The van der Waals surface area contributed by atoms with Gasteiger partial charge in [0.2, 0.25) is 0 Å². The van der Waals surface area contributed by atoms with Crippen LogP contribution in [0.1, 0.15) is 12.8 Å². The minimum absolute atomic E-state index is 0.282. The molecule has 0 aromatic rings. The summed E-state index contributed by atoms with van der Waals surface area (Å²) in [7, 11) is 1.47. The van der Waals surface area contributed by atoms with Gasteiger partial charge in [0.15, 0.2) is 5.88 Å². The van der Waals surface area contributed by atoms with Gasteiger partial charge in [0, 0.05) is 5.70 Å². The van der Waals surface area contributed by atoms with Crippen LogP contribution in [0.4, 0.5) is 0 Å². The van der Waals surface area contributed by atoms with Crippen LogP contribution in [0.15, 0.2) is 23.7 Å². The molecule has 1 aliphatic rings. The van der Waals surface area contributed by atoms with Gasteiger partial charge in [-0.3, -0.25) is 0 Å². The second-order valence-electron chi connectivity index (χ2n) is 3.17. The number of carbonyl (C=O) groups excluding carboxylic acids is 1. The molecule has 1 aliphatic carbocycles. The Morgan fingerprint density at radius 2 is 2.00 bits per heavy atom. The van der Waals surface area contributed by atoms with Gasteiger partial charge < -0.3 is 21.0 Å². The van der Waals surface area contributed by atoms with E-state index in [0.717, 1.165) is 19.1 Å². The highest BCUT2D eigenvalue weighted by Gasteiger charge is 2.44. The van der Waals surface area contributed by atoms with E-state index < -0.39 is 5.41 Å². The predicted molar refractivity (Wildman–Crippen MR) is 49.3 cm³/mol. The highest BCUT2D eigenvalue weighted by atomic mass is 16.5. The third-order valence-corrected chi connectivity index (χ3v) is 2.25. The molecule has 4 N–H and O–H groups in total. The number of allylic oxidation sites excluding steroid dienone is 3. The quantitative estimate of drug-likeness (QED) is 0.371. The minimum atomic E-state index is -0.412. The number of ether oxygens (including phenoxy) is 1. The van der Waals surface area contributed by atoms with E-state index in [1.165, 1.54) is 7.11 Å². The van der Waals surface area contributed by atoms with Crippen LogP contribution in [-0.2, 0) is 9.53 Å². The summed E-state index contributed by atoms with van der Waals surface area (Å²) in [5.41, 5.74) is 11.2. The van der Waals surface area contributed by atoms with Gasteiger partial charge in [-0.2, -0.15) is 0 Å². The average molecular weight is 182 g/mol. The highest BCUT2D eigenvalue weighted by molar-refractivity contribution is 5.69. The van der Waals surface area contributed by atoms with E-state index in [4.69, 9.17) is 16.2 Å². The zero-order valence-corrected chi connectivity index (χ0v) is 7.62. The molecular weight excluding hydrogens is 168 g/mol. The number of aldehydes is 1. The molecule has 0 unspecified atom stereocenters. The number of carbonyl (C=O) groups is 1. The van der Waals surface area contributed by atoms with Crippen molar-refractivity contribution in [1.82, 2.24) is 0 Å². The number of nitrogens with two attached hydrogens (primary N) is 2. The Kier molecular flexibility index (Phi) is 2.60. The van der Waals surface area contributed by atoms with Crippen LogP contribution in [-0.4, -0.2) is 13.4 Å². The van der Waals surface area contributed by atoms with Crippen molar-refractivity contribution in [2.45, 2.75) is 12.8 Å². The zero-order valence-electron chi connectivity index (χ0n) is 7.62. The minimum Gasteiger partial charge on any atom is -0.483 e. The Labute approximate surface area is 77.2 Å². The molecule has 4 heteroatoms. The first-order valence-corrected chi connectivity index (χ1v) is 4.08. The molecule has 72 valence electrons. The van der Waals surface area contributed by atoms with Crippen molar-refractivity contribution in [3.63, 3.8) is 0 Å². The molecule has 0 atom stereocenters. The fraction of sp³-hybridized carbons (Fsp3) is 0.444. The van der Waals surface area contributed by atoms with Crippen molar-refractivity contribution < 1.29 is 9.53 Å². The SMILES string of the molecule is CO/C(N)=C/C=C(\N)C1(C=O)CC1. The summed E-state index contributed by atoms with van der Waals surface area (Å²) < 4.78 is 4.72. The van der Waals surface area contributed by atoms with Crippen molar-refractivity contribution in [1.29, 1.82) is 0 Å². The summed E-state index contributed by atoms with van der Waals surface area (Å²) in [5, 5.41) is 0. The number of hydrogen-bond acceptors (Lipinski definition) is 4. The van der Waals surface area contributed by atoms with Crippen LogP contribution in [0, 0.1) is 5.41 Å². The molecule has 0 aromatic heterocycles. The fourth-order valence-corrected chi connectivity index (χ4v) is 1.02. The van der Waals surface area contributed by atoms with Crippen LogP contribution < -0.4 is 11.5 Å². The third kappa shape index (κ3) is 2.02. The van der Waals surface area contributed by atoms with E-state index >= 15 is 0 Å². The van der Waals surface area contributed by atoms with E-state index in [1.54, 1.807) is 12.2 Å². The van der Waals surface area contributed by atoms with Gasteiger partial charge >= 0.3 is 0 Å². The van der Waals surface area contributed by atoms with Gasteiger partial charge in [-0.05, 0) is 25.0 Å². The Hall–Kier alpha value is -1.45. The van der Waals surface area contributed by atoms with Crippen LogP contribution in [0.2, 0.25) is 0 Å². The second kappa shape index (κ2) is 3.51. The van der Waals surface area contributed by atoms with Crippen LogP contribution in [0.5, 0.6) is 0 Å². The maximum absolute atomic E-state index is 10.6. The molecule has 0 amide bonds. The average Bonchev–Trinajstić information content (AvgIpc) is 2.94. The molecule has 1 saturated carbocycles. The molecule has 0 aliphatic heterocycles. The van der Waals surface area contributed by atoms with Gasteiger partial charge in [0.1, 0.15) is 6.29 Å². The maximum atomic E-state index is 10.6. The predicted octanol–water partition coefficient (Wildman–Crippen LogP) is 0.255. The van der Waals surface area contributed by atoms with Crippen LogP contribution in [0.3, 0.4) is 0 Å². The highest BCUT2D eigenvalue weighted by Crippen LogP contribution is 2.47. The van der Waals surface area contributed by atoms with E-state index in [9.17, 15) is 4.79 Å². The summed E-state index contributed by atoms with van der Waals surface area (Å²) in [6.07, 6.45) is 5.74. The summed E-state index contributed by atoms with van der Waals surface area (Å²) in [6.45, 7) is 0. The molecular formula is C9H14N2O2. The summed E-state index contributed by atoms with van der Waals surface area (Å²) in [4.78, 5) is 10.6. The molecule has 0 saturated heterocycles. The van der Waals surface area contributed by atoms with Gasteiger partial charge in [0.25, 0.3) is 0 Å². The lowest BCUT2D eigenvalue weighted by molar-refractivity contribution is -0.111. The number of rotatable bonds is 4. The van der Waals surface area contributed by atoms with Crippen molar-refractivity contribution in [2.24, 2.45) is 16.9 Å². The van der Waals surface area contributed by atoms with Crippen LogP contribution in [0.25, 0.3) is 0 Å². The summed E-state index contributed by atoms with van der Waals surface area (Å²) in [5.74, 6) is 0.282. The summed E-state index contributed by atoms with van der Waals surface area (Å²) in [6, 6.07) is 0. The Morgan fingerprint density at radius 1 is 1.38 bits per heavy atom. The Bertz CT molecular complexity index is 265.